The van der Waals surface area contributed by atoms with E-state index in [2.05, 4.69) is 9.97 Å². The van der Waals surface area contributed by atoms with Crippen molar-refractivity contribution >= 4 is 11.8 Å². The van der Waals surface area contributed by atoms with Gasteiger partial charge in [-0.05, 0) is 6.42 Å². The second kappa shape index (κ2) is 3.82. The van der Waals surface area contributed by atoms with Gasteiger partial charge in [0.15, 0.2) is 5.69 Å². The van der Waals surface area contributed by atoms with E-state index in [0.29, 0.717) is 12.4 Å². The quantitative estimate of drug-likeness (QED) is 0.694. The zero-order valence-electron chi connectivity index (χ0n) is 8.13. The highest BCUT2D eigenvalue weighted by atomic mass is 16.4. The third-order valence-electron chi connectivity index (χ3n) is 2.39. The van der Waals surface area contributed by atoms with Gasteiger partial charge in [0.1, 0.15) is 5.82 Å². The summed E-state index contributed by atoms with van der Waals surface area (Å²) in [5, 5.41) is 8.76. The van der Waals surface area contributed by atoms with Crippen LogP contribution in [-0.4, -0.2) is 40.2 Å². The maximum absolute atomic E-state index is 10.7. The van der Waals surface area contributed by atoms with Gasteiger partial charge in [0, 0.05) is 19.1 Å². The van der Waals surface area contributed by atoms with Crippen molar-refractivity contribution in [2.24, 2.45) is 5.73 Å². The highest BCUT2D eigenvalue weighted by Crippen LogP contribution is 2.16. The van der Waals surface area contributed by atoms with Gasteiger partial charge in [-0.25, -0.2) is 9.78 Å². The average Bonchev–Trinajstić information content (AvgIpc) is 2.65. The smallest absolute Gasteiger partial charge is 0.356 e. The highest BCUT2D eigenvalue weighted by molar-refractivity contribution is 5.85. The van der Waals surface area contributed by atoms with Crippen molar-refractivity contribution < 1.29 is 9.90 Å². The van der Waals surface area contributed by atoms with E-state index in [1.54, 1.807) is 6.20 Å². The summed E-state index contributed by atoms with van der Waals surface area (Å²) >= 11 is 0. The van der Waals surface area contributed by atoms with Crippen LogP contribution in [0.2, 0.25) is 0 Å². The number of anilines is 1. The summed E-state index contributed by atoms with van der Waals surface area (Å²) in [6.45, 7) is 1.51. The number of hydrogen-bond acceptors (Lipinski definition) is 5. The van der Waals surface area contributed by atoms with Crippen molar-refractivity contribution in [3.8, 4) is 0 Å². The molecule has 0 radical (unpaired) electrons. The Balaban J connectivity index is 2.21. The molecule has 2 rings (SSSR count). The lowest BCUT2D eigenvalue weighted by molar-refractivity contribution is 0.0690. The molecule has 1 saturated heterocycles. The Kier molecular flexibility index (Phi) is 2.51. The van der Waals surface area contributed by atoms with Gasteiger partial charge in [-0.15, -0.1) is 0 Å². The maximum Gasteiger partial charge on any atom is 0.356 e. The van der Waals surface area contributed by atoms with Gasteiger partial charge in [-0.1, -0.05) is 0 Å². The molecule has 1 unspecified atom stereocenters. The van der Waals surface area contributed by atoms with Gasteiger partial charge < -0.3 is 15.7 Å². The Morgan fingerprint density at radius 1 is 1.60 bits per heavy atom. The monoisotopic (exact) mass is 208 g/mol. The average molecular weight is 208 g/mol. The molecule has 3 N–H and O–H groups in total. The number of aromatic nitrogens is 2. The van der Waals surface area contributed by atoms with E-state index >= 15 is 0 Å². The number of carboxylic acids is 1. The first-order valence-electron chi connectivity index (χ1n) is 4.72. The molecule has 2 heterocycles. The Labute approximate surface area is 86.7 Å². The van der Waals surface area contributed by atoms with E-state index < -0.39 is 5.97 Å². The zero-order chi connectivity index (χ0) is 10.8. The van der Waals surface area contributed by atoms with Crippen LogP contribution in [0.1, 0.15) is 16.9 Å². The molecule has 0 bridgehead atoms. The first-order valence-corrected chi connectivity index (χ1v) is 4.72. The topological polar surface area (TPSA) is 92.3 Å². The third kappa shape index (κ3) is 2.04. The van der Waals surface area contributed by atoms with Crippen LogP contribution >= 0.6 is 0 Å². The van der Waals surface area contributed by atoms with Crippen LogP contribution in [0.4, 0.5) is 5.82 Å². The molecule has 1 fully saturated rings. The Morgan fingerprint density at radius 2 is 2.40 bits per heavy atom. The summed E-state index contributed by atoms with van der Waals surface area (Å²) < 4.78 is 0. The molecule has 0 aromatic carbocycles. The van der Waals surface area contributed by atoms with Crippen LogP contribution in [0, 0.1) is 0 Å². The molecule has 6 nitrogen and oxygen atoms in total. The van der Waals surface area contributed by atoms with Crippen molar-refractivity contribution in [2.45, 2.75) is 12.5 Å². The fourth-order valence-electron chi connectivity index (χ4n) is 1.61. The van der Waals surface area contributed by atoms with Gasteiger partial charge >= 0.3 is 5.97 Å². The van der Waals surface area contributed by atoms with Crippen LogP contribution in [0.5, 0.6) is 0 Å². The summed E-state index contributed by atoms with van der Waals surface area (Å²) in [4.78, 5) is 20.5. The van der Waals surface area contributed by atoms with Crippen LogP contribution in [0.25, 0.3) is 0 Å². The van der Waals surface area contributed by atoms with Gasteiger partial charge in [0.05, 0.1) is 12.4 Å². The van der Waals surface area contributed by atoms with E-state index in [9.17, 15) is 4.79 Å². The van der Waals surface area contributed by atoms with Crippen molar-refractivity contribution in [1.29, 1.82) is 0 Å². The minimum Gasteiger partial charge on any atom is -0.476 e. The second-order valence-corrected chi connectivity index (χ2v) is 3.56. The summed E-state index contributed by atoms with van der Waals surface area (Å²) in [5.41, 5.74) is 5.72. The van der Waals surface area contributed by atoms with E-state index in [4.69, 9.17) is 10.8 Å². The second-order valence-electron chi connectivity index (χ2n) is 3.56. The molecule has 0 saturated carbocycles. The number of hydrogen-bond donors (Lipinski definition) is 2. The summed E-state index contributed by atoms with van der Waals surface area (Å²) in [7, 11) is 0. The van der Waals surface area contributed by atoms with E-state index in [1.165, 1.54) is 6.20 Å². The van der Waals surface area contributed by atoms with Crippen LogP contribution in [0.15, 0.2) is 12.4 Å². The van der Waals surface area contributed by atoms with Crippen LogP contribution in [-0.2, 0) is 0 Å². The molecule has 1 aliphatic heterocycles. The van der Waals surface area contributed by atoms with Crippen LogP contribution < -0.4 is 10.6 Å². The Hall–Kier alpha value is -1.69. The van der Waals surface area contributed by atoms with E-state index in [1.807, 2.05) is 4.90 Å². The molecule has 1 aliphatic rings. The first-order chi connectivity index (χ1) is 7.16. The number of carboxylic acid groups (broad SMARTS) is 1. The van der Waals surface area contributed by atoms with Gasteiger partial charge in [0.2, 0.25) is 0 Å². The van der Waals surface area contributed by atoms with Crippen molar-refractivity contribution in [3.63, 3.8) is 0 Å². The number of nitrogens with zero attached hydrogens (tertiary/aromatic N) is 3. The lowest BCUT2D eigenvalue weighted by atomic mass is 10.3. The molecule has 0 aliphatic carbocycles. The number of carbonyl (C=O) groups is 1. The fraction of sp³-hybridized carbons (Fsp3) is 0.444. The first kappa shape index (κ1) is 9.85. The van der Waals surface area contributed by atoms with E-state index in [0.717, 1.165) is 13.0 Å². The minimum atomic E-state index is -1.06. The van der Waals surface area contributed by atoms with Gasteiger partial charge in [0.25, 0.3) is 0 Å². The molecule has 0 spiro atoms. The van der Waals surface area contributed by atoms with Gasteiger partial charge in [-0.2, -0.15) is 0 Å². The predicted molar refractivity (Wildman–Crippen MR) is 53.8 cm³/mol. The molecule has 15 heavy (non-hydrogen) atoms. The number of rotatable bonds is 2. The lowest BCUT2D eigenvalue weighted by Crippen LogP contribution is -2.27. The lowest BCUT2D eigenvalue weighted by Gasteiger charge is -2.16. The Morgan fingerprint density at radius 3 is 3.00 bits per heavy atom. The summed E-state index contributed by atoms with van der Waals surface area (Å²) in [6, 6.07) is 0.139. The minimum absolute atomic E-state index is 0.0343. The van der Waals surface area contributed by atoms with Crippen LogP contribution in [0.3, 0.4) is 0 Å². The standard InChI is InChI=1S/C9H12N4O2/c10-6-1-2-13(5-6)8-4-11-3-7(12-8)9(14)15/h3-4,6H,1-2,5,10H2,(H,14,15). The summed E-state index contributed by atoms with van der Waals surface area (Å²) in [6.07, 6.45) is 3.70. The third-order valence-corrected chi connectivity index (χ3v) is 2.39. The van der Waals surface area contributed by atoms with Crippen molar-refractivity contribution in [1.82, 2.24) is 9.97 Å². The zero-order valence-corrected chi connectivity index (χ0v) is 8.13. The molecule has 80 valence electrons. The van der Waals surface area contributed by atoms with Crippen molar-refractivity contribution in [2.75, 3.05) is 18.0 Å². The fourth-order valence-corrected chi connectivity index (χ4v) is 1.61. The largest absolute Gasteiger partial charge is 0.476 e. The molecule has 1 atom stereocenters. The van der Waals surface area contributed by atoms with Gasteiger partial charge in [-0.3, -0.25) is 4.98 Å². The highest BCUT2D eigenvalue weighted by Gasteiger charge is 2.21. The van der Waals surface area contributed by atoms with Crippen molar-refractivity contribution in [3.05, 3.63) is 18.1 Å². The number of nitrogens with two attached hydrogens (primary N) is 1. The number of aromatic carboxylic acids is 1. The molecule has 0 amide bonds. The maximum atomic E-state index is 10.7. The Bertz CT molecular complexity index is 382. The SMILES string of the molecule is NC1CCN(c2cncc(C(=O)O)n2)C1. The van der Waals surface area contributed by atoms with E-state index in [-0.39, 0.29) is 11.7 Å². The molecular weight excluding hydrogens is 196 g/mol. The normalized spacial score (nSPS) is 20.6. The molecule has 6 heteroatoms. The molecule has 1 aromatic heterocycles. The molecule has 1 aromatic rings. The summed E-state index contributed by atoms with van der Waals surface area (Å²) in [5.74, 6) is -0.476. The predicted octanol–water partition coefficient (Wildman–Crippen LogP) is -0.288. The molecular formula is C9H12N4O2.